The molecule has 88 valence electrons. The third kappa shape index (κ3) is 2.94. The fraction of sp³-hybridized carbons (Fsp3) is 0.214. The zero-order valence-corrected chi connectivity index (χ0v) is 11.0. The van der Waals surface area contributed by atoms with E-state index in [1.165, 1.54) is 10.7 Å². The van der Waals surface area contributed by atoms with Crippen molar-refractivity contribution < 1.29 is 4.57 Å². The molecule has 0 fully saturated rings. The molecule has 0 atom stereocenters. The molecule has 1 aromatic carbocycles. The van der Waals surface area contributed by atoms with Crippen molar-refractivity contribution in [3.63, 3.8) is 0 Å². The largest absolute Gasteiger partial charge is 0.361 e. The summed E-state index contributed by atoms with van der Waals surface area (Å²) in [5, 5.41) is 6.72. The first-order valence-corrected chi connectivity index (χ1v) is 6.65. The average Bonchev–Trinajstić information content (AvgIpc) is 2.71. The minimum Gasteiger partial charge on any atom is -0.361 e. The first-order chi connectivity index (χ1) is 8.31. The number of rotatable bonds is 4. The number of thiazole rings is 1. The molecule has 0 aliphatic heterocycles. The number of anilines is 1. The quantitative estimate of drug-likeness (QED) is 0.816. The highest BCUT2D eigenvalue weighted by Gasteiger charge is 2.11. The van der Waals surface area contributed by atoms with Crippen molar-refractivity contribution in [1.29, 1.82) is 0 Å². The molecule has 0 bridgehead atoms. The highest BCUT2D eigenvalue weighted by atomic mass is 32.1. The normalized spacial score (nSPS) is 10.9. The standard InChI is InChI=1S/C14H16N2S/c1-3-16-12(2)11-17-14(16)9-10-15-13-7-5-4-6-8-13/h4-11H,3H2,1-2H3/p+1. The molecule has 2 rings (SSSR count). The fourth-order valence-corrected chi connectivity index (χ4v) is 2.69. The average molecular weight is 245 g/mol. The molecule has 1 heterocycles. The number of aromatic nitrogens is 1. The molecule has 3 heteroatoms. The van der Waals surface area contributed by atoms with Crippen molar-refractivity contribution in [1.82, 2.24) is 0 Å². The Morgan fingerprint density at radius 1 is 1.29 bits per heavy atom. The summed E-state index contributed by atoms with van der Waals surface area (Å²) in [6, 6.07) is 10.2. The lowest BCUT2D eigenvalue weighted by Gasteiger charge is -1.97. The van der Waals surface area contributed by atoms with Gasteiger partial charge in [0.25, 0.3) is 5.01 Å². The van der Waals surface area contributed by atoms with Gasteiger partial charge in [0.05, 0.1) is 5.38 Å². The lowest BCUT2D eigenvalue weighted by atomic mass is 10.3. The Morgan fingerprint density at radius 3 is 2.76 bits per heavy atom. The molecule has 0 radical (unpaired) electrons. The molecule has 0 aliphatic rings. The second kappa shape index (κ2) is 5.64. The van der Waals surface area contributed by atoms with Gasteiger partial charge >= 0.3 is 0 Å². The van der Waals surface area contributed by atoms with Crippen LogP contribution < -0.4 is 9.88 Å². The highest BCUT2D eigenvalue weighted by molar-refractivity contribution is 7.10. The highest BCUT2D eigenvalue weighted by Crippen LogP contribution is 2.10. The summed E-state index contributed by atoms with van der Waals surface area (Å²) in [5.74, 6) is 0. The van der Waals surface area contributed by atoms with Crippen LogP contribution in [0.25, 0.3) is 6.08 Å². The van der Waals surface area contributed by atoms with Crippen molar-refractivity contribution in [3.05, 3.63) is 52.6 Å². The van der Waals surface area contributed by atoms with Gasteiger partial charge in [0.2, 0.25) is 0 Å². The Hall–Kier alpha value is -1.61. The monoisotopic (exact) mass is 245 g/mol. The van der Waals surface area contributed by atoms with Crippen LogP contribution in [0.2, 0.25) is 0 Å². The van der Waals surface area contributed by atoms with E-state index in [-0.39, 0.29) is 0 Å². The topological polar surface area (TPSA) is 15.9 Å². The Morgan fingerprint density at radius 2 is 2.06 bits per heavy atom. The van der Waals surface area contributed by atoms with Crippen LogP contribution >= 0.6 is 11.3 Å². The van der Waals surface area contributed by atoms with Crippen LogP contribution in [0, 0.1) is 6.92 Å². The summed E-state index contributed by atoms with van der Waals surface area (Å²) < 4.78 is 2.30. The van der Waals surface area contributed by atoms with Gasteiger partial charge in [-0.1, -0.05) is 29.5 Å². The van der Waals surface area contributed by atoms with Crippen molar-refractivity contribution in [2.24, 2.45) is 0 Å². The second-order valence-corrected chi connectivity index (χ2v) is 4.69. The van der Waals surface area contributed by atoms with Crippen LogP contribution in [0.3, 0.4) is 0 Å². The number of hydrogen-bond donors (Lipinski definition) is 1. The van der Waals surface area contributed by atoms with Gasteiger partial charge in [-0.05, 0) is 19.1 Å². The molecule has 2 nitrogen and oxygen atoms in total. The van der Waals surface area contributed by atoms with Gasteiger partial charge in [-0.25, -0.2) is 0 Å². The maximum Gasteiger partial charge on any atom is 0.263 e. The number of nitrogens with one attached hydrogen (secondary N) is 1. The van der Waals surface area contributed by atoms with Gasteiger partial charge in [0.15, 0.2) is 5.69 Å². The molecule has 0 amide bonds. The van der Waals surface area contributed by atoms with Crippen LogP contribution in [0.5, 0.6) is 0 Å². The molecule has 0 saturated carbocycles. The Kier molecular flexibility index (Phi) is 3.94. The molecular formula is C14H17N2S+. The van der Waals surface area contributed by atoms with Crippen LogP contribution in [-0.2, 0) is 6.54 Å². The zero-order chi connectivity index (χ0) is 12.1. The number of hydrogen-bond acceptors (Lipinski definition) is 2. The summed E-state index contributed by atoms with van der Waals surface area (Å²) in [6.07, 6.45) is 4.11. The van der Waals surface area contributed by atoms with Gasteiger partial charge in [0.1, 0.15) is 6.54 Å². The van der Waals surface area contributed by atoms with Crippen molar-refractivity contribution in [2.75, 3.05) is 5.32 Å². The van der Waals surface area contributed by atoms with E-state index in [1.807, 2.05) is 24.4 Å². The van der Waals surface area contributed by atoms with E-state index >= 15 is 0 Å². The lowest BCUT2D eigenvalue weighted by molar-refractivity contribution is -0.696. The van der Waals surface area contributed by atoms with Crippen LogP contribution in [-0.4, -0.2) is 0 Å². The number of aryl methyl sites for hydroxylation is 1. The van der Waals surface area contributed by atoms with Crippen LogP contribution in [0.1, 0.15) is 17.6 Å². The predicted octanol–water partition coefficient (Wildman–Crippen LogP) is 3.45. The Balaban J connectivity index is 2.06. The van der Waals surface area contributed by atoms with E-state index in [0.29, 0.717) is 0 Å². The SMILES string of the molecule is CC[n+]1c(C)csc1C=CNc1ccccc1. The molecule has 0 unspecified atom stereocenters. The third-order valence-corrected chi connectivity index (χ3v) is 3.66. The van der Waals surface area contributed by atoms with Gasteiger partial charge in [-0.3, -0.25) is 0 Å². The van der Waals surface area contributed by atoms with E-state index in [2.05, 4.69) is 47.3 Å². The zero-order valence-electron chi connectivity index (χ0n) is 10.2. The Bertz CT molecular complexity index is 500. The molecule has 17 heavy (non-hydrogen) atoms. The summed E-state index contributed by atoms with van der Waals surface area (Å²) in [5.41, 5.74) is 2.43. The van der Waals surface area contributed by atoms with Gasteiger partial charge in [-0.2, -0.15) is 4.57 Å². The van der Waals surface area contributed by atoms with Crippen LogP contribution in [0.4, 0.5) is 5.69 Å². The minimum atomic E-state index is 1.01. The maximum absolute atomic E-state index is 3.27. The molecular weight excluding hydrogens is 228 g/mol. The van der Waals surface area contributed by atoms with Gasteiger partial charge in [-0.15, -0.1) is 0 Å². The number of para-hydroxylation sites is 1. The van der Waals surface area contributed by atoms with Crippen molar-refractivity contribution in [2.45, 2.75) is 20.4 Å². The third-order valence-electron chi connectivity index (χ3n) is 2.61. The summed E-state index contributed by atoms with van der Waals surface area (Å²) in [6.45, 7) is 5.32. The van der Waals surface area contributed by atoms with E-state index in [1.54, 1.807) is 11.3 Å². The van der Waals surface area contributed by atoms with E-state index in [9.17, 15) is 0 Å². The summed E-state index contributed by atoms with van der Waals surface area (Å²) >= 11 is 1.77. The summed E-state index contributed by atoms with van der Waals surface area (Å²) in [4.78, 5) is 0. The van der Waals surface area contributed by atoms with Crippen molar-refractivity contribution in [3.8, 4) is 0 Å². The lowest BCUT2D eigenvalue weighted by Crippen LogP contribution is -2.35. The van der Waals surface area contributed by atoms with E-state index in [0.717, 1.165) is 12.2 Å². The van der Waals surface area contributed by atoms with Crippen molar-refractivity contribution >= 4 is 23.1 Å². The van der Waals surface area contributed by atoms with E-state index in [4.69, 9.17) is 0 Å². The smallest absolute Gasteiger partial charge is 0.263 e. The maximum atomic E-state index is 3.27. The Labute approximate surface area is 106 Å². The first-order valence-electron chi connectivity index (χ1n) is 5.77. The molecule has 1 aromatic heterocycles. The van der Waals surface area contributed by atoms with Gasteiger partial charge < -0.3 is 5.32 Å². The molecule has 0 spiro atoms. The number of nitrogens with zero attached hydrogens (tertiary/aromatic N) is 1. The van der Waals surface area contributed by atoms with Crippen LogP contribution in [0.15, 0.2) is 41.9 Å². The fourth-order valence-electron chi connectivity index (χ4n) is 1.72. The second-order valence-electron chi connectivity index (χ2n) is 3.80. The molecule has 0 aliphatic carbocycles. The molecule has 1 N–H and O–H groups in total. The minimum absolute atomic E-state index is 1.01. The first kappa shape index (κ1) is 11.9. The summed E-state index contributed by atoms with van der Waals surface area (Å²) in [7, 11) is 0. The van der Waals surface area contributed by atoms with E-state index < -0.39 is 0 Å². The van der Waals surface area contributed by atoms with Gasteiger partial charge in [0, 0.05) is 24.9 Å². The molecule has 2 aromatic rings. The predicted molar refractivity (Wildman–Crippen MR) is 74.0 cm³/mol. The number of benzene rings is 1. The molecule has 0 saturated heterocycles.